The number of hydrogen-bond acceptors (Lipinski definition) is 4. The minimum Gasteiger partial charge on any atom is -0.324 e. The van der Waals surface area contributed by atoms with Crippen LogP contribution in [0.15, 0.2) is 30.6 Å². The first-order valence-corrected chi connectivity index (χ1v) is 5.94. The summed E-state index contributed by atoms with van der Waals surface area (Å²) in [4.78, 5) is 3.91. The molecule has 0 spiro atoms. The molecule has 0 fully saturated rings. The summed E-state index contributed by atoms with van der Waals surface area (Å²) < 4.78 is 1.60. The molecule has 2 aromatic rings. The van der Waals surface area contributed by atoms with Crippen LogP contribution in [0.1, 0.15) is 36.3 Å². The second-order valence-corrected chi connectivity index (χ2v) is 4.14. The zero-order valence-corrected chi connectivity index (χ0v) is 10.5. The number of imidazole rings is 1. The lowest BCUT2D eigenvalue weighted by atomic mass is 10.1. The summed E-state index contributed by atoms with van der Waals surface area (Å²) in [7, 11) is 0. The van der Waals surface area contributed by atoms with Gasteiger partial charge in [0.1, 0.15) is 18.5 Å². The van der Waals surface area contributed by atoms with Crippen LogP contribution in [0.3, 0.4) is 0 Å². The molecule has 0 aliphatic carbocycles. The van der Waals surface area contributed by atoms with Crippen LogP contribution in [0.5, 0.6) is 0 Å². The lowest BCUT2D eigenvalue weighted by Gasteiger charge is -2.10. The molecular weight excluding hydrogens is 238 g/mol. The van der Waals surface area contributed by atoms with Gasteiger partial charge in [-0.1, -0.05) is 19.1 Å². The normalized spacial score (nSPS) is 11.6. The van der Waals surface area contributed by atoms with Gasteiger partial charge in [0.2, 0.25) is 0 Å². The fraction of sp³-hybridized carbons (Fsp3) is 0.214. The third-order valence-corrected chi connectivity index (χ3v) is 3.02. The predicted octanol–water partition coefficient (Wildman–Crippen LogP) is 2.03. The fourth-order valence-electron chi connectivity index (χ4n) is 1.85. The summed E-state index contributed by atoms with van der Waals surface area (Å²) >= 11 is 0. The van der Waals surface area contributed by atoms with Crippen molar-refractivity contribution in [2.45, 2.75) is 19.4 Å². The van der Waals surface area contributed by atoms with E-state index in [1.165, 1.54) is 6.33 Å². The SMILES string of the molecule is CC[C@@H](N)c1ccc(-n2cnc(C#N)c2C#N)cc1. The first-order valence-electron chi connectivity index (χ1n) is 5.94. The number of aromatic nitrogens is 2. The Bertz CT molecular complexity index is 655. The second kappa shape index (κ2) is 5.34. The lowest BCUT2D eigenvalue weighted by molar-refractivity contribution is 0.698. The summed E-state index contributed by atoms with van der Waals surface area (Å²) in [5.74, 6) is 0. The second-order valence-electron chi connectivity index (χ2n) is 4.14. The number of nitrogens with zero attached hydrogens (tertiary/aromatic N) is 4. The van der Waals surface area contributed by atoms with E-state index in [-0.39, 0.29) is 17.4 Å². The Hall–Kier alpha value is -2.63. The predicted molar refractivity (Wildman–Crippen MR) is 70.2 cm³/mol. The van der Waals surface area contributed by atoms with Crippen LogP contribution in [0, 0.1) is 22.7 Å². The molecule has 0 unspecified atom stereocenters. The average Bonchev–Trinajstić information content (AvgIpc) is 2.89. The Kier molecular flexibility index (Phi) is 3.61. The largest absolute Gasteiger partial charge is 0.324 e. The third kappa shape index (κ3) is 2.33. The first kappa shape index (κ1) is 12.8. The van der Waals surface area contributed by atoms with Crippen LogP contribution in [0.25, 0.3) is 5.69 Å². The molecule has 0 bridgehead atoms. The van der Waals surface area contributed by atoms with Gasteiger partial charge in [-0.25, -0.2) is 4.98 Å². The monoisotopic (exact) mass is 251 g/mol. The van der Waals surface area contributed by atoms with Gasteiger partial charge in [0.15, 0.2) is 11.4 Å². The maximum atomic E-state index is 9.08. The van der Waals surface area contributed by atoms with Gasteiger partial charge in [-0.3, -0.25) is 4.57 Å². The van der Waals surface area contributed by atoms with Crippen LogP contribution in [0.2, 0.25) is 0 Å². The lowest BCUT2D eigenvalue weighted by Crippen LogP contribution is -2.08. The summed E-state index contributed by atoms with van der Waals surface area (Å²) in [6.07, 6.45) is 2.35. The van der Waals surface area contributed by atoms with Crippen LogP contribution in [-0.4, -0.2) is 9.55 Å². The van der Waals surface area contributed by atoms with Crippen molar-refractivity contribution >= 4 is 0 Å². The van der Waals surface area contributed by atoms with Crippen molar-refractivity contribution < 1.29 is 0 Å². The number of hydrogen-bond donors (Lipinski definition) is 1. The molecule has 0 aliphatic heterocycles. The molecule has 5 nitrogen and oxygen atoms in total. The van der Waals surface area contributed by atoms with E-state index >= 15 is 0 Å². The van der Waals surface area contributed by atoms with Crippen LogP contribution in [0.4, 0.5) is 0 Å². The Balaban J connectivity index is 2.42. The van der Waals surface area contributed by atoms with E-state index in [0.29, 0.717) is 0 Å². The number of nitriles is 2. The quantitative estimate of drug-likeness (QED) is 0.903. The van der Waals surface area contributed by atoms with E-state index in [1.54, 1.807) is 4.57 Å². The molecule has 1 heterocycles. The highest BCUT2D eigenvalue weighted by Gasteiger charge is 2.11. The minimum absolute atomic E-state index is 0.0157. The number of nitrogens with two attached hydrogens (primary N) is 1. The van der Waals surface area contributed by atoms with Gasteiger partial charge in [0.25, 0.3) is 0 Å². The van der Waals surface area contributed by atoms with E-state index in [0.717, 1.165) is 17.7 Å². The highest BCUT2D eigenvalue weighted by Crippen LogP contribution is 2.18. The molecule has 1 aromatic carbocycles. The molecular formula is C14H13N5. The maximum absolute atomic E-state index is 9.08. The molecule has 0 saturated heterocycles. The van der Waals surface area contributed by atoms with Gasteiger partial charge in [-0.15, -0.1) is 0 Å². The molecule has 0 aliphatic rings. The van der Waals surface area contributed by atoms with E-state index in [9.17, 15) is 0 Å². The van der Waals surface area contributed by atoms with Gasteiger partial charge in [-0.2, -0.15) is 10.5 Å². The van der Waals surface area contributed by atoms with Crippen molar-refractivity contribution in [1.82, 2.24) is 9.55 Å². The Morgan fingerprint density at radius 2 is 1.95 bits per heavy atom. The topological polar surface area (TPSA) is 91.4 Å². The third-order valence-electron chi connectivity index (χ3n) is 3.02. The standard InChI is InChI=1S/C14H13N5/c1-2-12(17)10-3-5-11(6-4-10)19-9-18-13(7-15)14(19)8-16/h3-6,9,12H,2,17H2,1H3/t12-/m1/s1. The van der Waals surface area contributed by atoms with Gasteiger partial charge in [0, 0.05) is 11.7 Å². The summed E-state index contributed by atoms with van der Waals surface area (Å²) in [5.41, 5.74) is 8.17. The Labute approximate surface area is 111 Å². The van der Waals surface area contributed by atoms with E-state index in [4.69, 9.17) is 16.3 Å². The molecule has 0 amide bonds. The summed E-state index contributed by atoms with van der Waals surface area (Å²) in [5, 5.41) is 17.9. The van der Waals surface area contributed by atoms with Gasteiger partial charge in [-0.05, 0) is 24.1 Å². The summed E-state index contributed by atoms with van der Waals surface area (Å²) in [6.45, 7) is 2.03. The molecule has 94 valence electrons. The molecule has 19 heavy (non-hydrogen) atoms. The van der Waals surface area contributed by atoms with Gasteiger partial charge >= 0.3 is 0 Å². The molecule has 1 atom stereocenters. The maximum Gasteiger partial charge on any atom is 0.177 e. The van der Waals surface area contributed by atoms with E-state index < -0.39 is 0 Å². The molecule has 2 rings (SSSR count). The van der Waals surface area contributed by atoms with Crippen molar-refractivity contribution in [2.24, 2.45) is 5.73 Å². The van der Waals surface area contributed by atoms with Gasteiger partial charge in [0.05, 0.1) is 0 Å². The van der Waals surface area contributed by atoms with Crippen LogP contribution in [-0.2, 0) is 0 Å². The molecule has 1 aromatic heterocycles. The highest BCUT2D eigenvalue weighted by molar-refractivity contribution is 5.45. The molecule has 0 radical (unpaired) electrons. The smallest absolute Gasteiger partial charge is 0.177 e. The van der Waals surface area contributed by atoms with Crippen LogP contribution < -0.4 is 5.73 Å². The minimum atomic E-state index is 0.0157. The van der Waals surface area contributed by atoms with Crippen LogP contribution >= 0.6 is 0 Å². The molecule has 5 heteroatoms. The zero-order valence-electron chi connectivity index (χ0n) is 10.5. The van der Waals surface area contributed by atoms with Gasteiger partial charge < -0.3 is 5.73 Å². The van der Waals surface area contributed by atoms with Crippen molar-refractivity contribution in [3.8, 4) is 17.8 Å². The highest BCUT2D eigenvalue weighted by atomic mass is 15.1. The number of benzene rings is 1. The van der Waals surface area contributed by atoms with E-state index in [2.05, 4.69) is 4.98 Å². The average molecular weight is 251 g/mol. The first-order chi connectivity index (χ1) is 9.21. The Morgan fingerprint density at radius 1 is 1.26 bits per heavy atom. The van der Waals surface area contributed by atoms with Crippen molar-refractivity contribution in [1.29, 1.82) is 10.5 Å². The molecule has 2 N–H and O–H groups in total. The number of rotatable bonds is 3. The van der Waals surface area contributed by atoms with Crippen molar-refractivity contribution in [2.75, 3.05) is 0 Å². The molecule has 0 saturated carbocycles. The summed E-state index contributed by atoms with van der Waals surface area (Å²) in [6, 6.07) is 11.5. The van der Waals surface area contributed by atoms with Crippen molar-refractivity contribution in [3.05, 3.63) is 47.5 Å². The fourth-order valence-corrected chi connectivity index (χ4v) is 1.85. The van der Waals surface area contributed by atoms with E-state index in [1.807, 2.05) is 43.3 Å². The Morgan fingerprint density at radius 3 is 2.47 bits per heavy atom. The zero-order chi connectivity index (χ0) is 13.8. The van der Waals surface area contributed by atoms with Crippen molar-refractivity contribution in [3.63, 3.8) is 0 Å².